The Labute approximate surface area is 162 Å². The van der Waals surface area contributed by atoms with Crippen molar-refractivity contribution in [3.63, 3.8) is 0 Å². The van der Waals surface area contributed by atoms with Crippen molar-refractivity contribution in [1.29, 1.82) is 0 Å². The summed E-state index contributed by atoms with van der Waals surface area (Å²) < 4.78 is 0. The fourth-order valence-electron chi connectivity index (χ4n) is 2.54. The number of para-hydroxylation sites is 1. The van der Waals surface area contributed by atoms with E-state index in [1.165, 1.54) is 12.1 Å². The number of aromatic hydroxyl groups is 1. The smallest absolute Gasteiger partial charge is 0.275 e. The van der Waals surface area contributed by atoms with E-state index < -0.39 is 5.91 Å². The molecule has 0 heterocycles. The number of phenolic OH excluding ortho intramolecular Hbond substituents is 1. The maximum atomic E-state index is 12.3. The molecule has 0 spiro atoms. The van der Waals surface area contributed by atoms with Crippen LogP contribution in [-0.2, 0) is 0 Å². The molecule has 0 bridgehead atoms. The van der Waals surface area contributed by atoms with Crippen molar-refractivity contribution in [1.82, 2.24) is 5.43 Å². The Morgan fingerprint density at radius 3 is 2.25 bits per heavy atom. The summed E-state index contributed by atoms with van der Waals surface area (Å²) in [6.45, 7) is 1.74. The Balaban J connectivity index is 1.70. The second kappa shape index (κ2) is 8.64. The molecule has 0 saturated carbocycles. The molecule has 0 aliphatic heterocycles. The molecule has 3 aromatic carbocycles. The molecule has 2 amide bonds. The summed E-state index contributed by atoms with van der Waals surface area (Å²) in [4.78, 5) is 24.4. The molecular formula is C22H19N3O3. The van der Waals surface area contributed by atoms with E-state index in [-0.39, 0.29) is 17.2 Å². The van der Waals surface area contributed by atoms with Crippen molar-refractivity contribution >= 4 is 23.2 Å². The van der Waals surface area contributed by atoms with Crippen molar-refractivity contribution < 1.29 is 14.7 Å². The highest BCUT2D eigenvalue weighted by Crippen LogP contribution is 2.16. The van der Waals surface area contributed by atoms with E-state index in [1.54, 1.807) is 61.5 Å². The van der Waals surface area contributed by atoms with Crippen molar-refractivity contribution in [2.24, 2.45) is 5.10 Å². The van der Waals surface area contributed by atoms with Gasteiger partial charge >= 0.3 is 0 Å². The van der Waals surface area contributed by atoms with Gasteiger partial charge in [0.25, 0.3) is 11.8 Å². The highest BCUT2D eigenvalue weighted by molar-refractivity contribution is 6.06. The Bertz CT molecular complexity index is 1030. The molecule has 0 unspecified atom stereocenters. The third kappa shape index (κ3) is 4.62. The van der Waals surface area contributed by atoms with Crippen molar-refractivity contribution in [2.75, 3.05) is 5.32 Å². The SMILES string of the molecule is C/C(=N/NC(=O)c1ccccc1O)c1cccc(NC(=O)c2ccccc2)c1. The van der Waals surface area contributed by atoms with Gasteiger partial charge in [-0.05, 0) is 48.9 Å². The number of nitrogens with one attached hydrogen (secondary N) is 2. The summed E-state index contributed by atoms with van der Waals surface area (Å²) in [6.07, 6.45) is 0. The Hall–Kier alpha value is -3.93. The largest absolute Gasteiger partial charge is 0.507 e. The molecule has 140 valence electrons. The minimum atomic E-state index is -0.508. The second-order valence-corrected chi connectivity index (χ2v) is 6.06. The van der Waals surface area contributed by atoms with Gasteiger partial charge in [-0.3, -0.25) is 9.59 Å². The number of nitrogens with zero attached hydrogens (tertiary/aromatic N) is 1. The molecular weight excluding hydrogens is 354 g/mol. The molecule has 3 rings (SSSR count). The van der Waals surface area contributed by atoms with Crippen LogP contribution >= 0.6 is 0 Å². The molecule has 6 heteroatoms. The summed E-state index contributed by atoms with van der Waals surface area (Å²) in [5, 5.41) is 16.6. The first kappa shape index (κ1) is 18.8. The Kier molecular flexibility index (Phi) is 5.81. The van der Waals surface area contributed by atoms with E-state index in [0.29, 0.717) is 17.0 Å². The molecule has 0 saturated heterocycles. The molecule has 28 heavy (non-hydrogen) atoms. The third-order valence-corrected chi connectivity index (χ3v) is 4.05. The second-order valence-electron chi connectivity index (χ2n) is 6.06. The molecule has 0 radical (unpaired) electrons. The summed E-state index contributed by atoms with van der Waals surface area (Å²) in [7, 11) is 0. The topological polar surface area (TPSA) is 90.8 Å². The first-order chi connectivity index (χ1) is 13.5. The summed E-state index contributed by atoms with van der Waals surface area (Å²) in [6, 6.07) is 22.3. The lowest BCUT2D eigenvalue weighted by Gasteiger charge is -2.08. The van der Waals surface area contributed by atoms with Crippen molar-refractivity contribution in [2.45, 2.75) is 6.92 Å². The third-order valence-electron chi connectivity index (χ3n) is 4.05. The lowest BCUT2D eigenvalue weighted by molar-refractivity contribution is 0.0951. The number of carbonyl (C=O) groups is 2. The quantitative estimate of drug-likeness (QED) is 0.469. The van der Waals surface area contributed by atoms with Gasteiger partial charge in [0, 0.05) is 11.3 Å². The van der Waals surface area contributed by atoms with Gasteiger partial charge in [-0.25, -0.2) is 5.43 Å². The fourth-order valence-corrected chi connectivity index (χ4v) is 2.54. The van der Waals surface area contributed by atoms with Crippen LogP contribution in [0.1, 0.15) is 33.2 Å². The number of hydrogen-bond donors (Lipinski definition) is 3. The molecule has 0 atom stereocenters. The normalized spacial score (nSPS) is 11.0. The van der Waals surface area contributed by atoms with Gasteiger partial charge in [-0.1, -0.05) is 42.5 Å². The summed E-state index contributed by atoms with van der Waals surface area (Å²) in [5.74, 6) is -0.829. The average Bonchev–Trinajstić information content (AvgIpc) is 2.73. The van der Waals surface area contributed by atoms with Crippen LogP contribution in [0.25, 0.3) is 0 Å². The van der Waals surface area contributed by atoms with Gasteiger partial charge in [-0.15, -0.1) is 0 Å². The van der Waals surface area contributed by atoms with E-state index in [4.69, 9.17) is 0 Å². The van der Waals surface area contributed by atoms with E-state index >= 15 is 0 Å². The molecule has 0 fully saturated rings. The van der Waals surface area contributed by atoms with Gasteiger partial charge in [-0.2, -0.15) is 5.10 Å². The predicted molar refractivity (Wildman–Crippen MR) is 109 cm³/mol. The number of rotatable bonds is 5. The van der Waals surface area contributed by atoms with Crippen molar-refractivity contribution in [3.05, 3.63) is 95.6 Å². The van der Waals surface area contributed by atoms with Crippen LogP contribution in [-0.4, -0.2) is 22.6 Å². The molecule has 6 nitrogen and oxygen atoms in total. The minimum absolute atomic E-state index is 0.113. The first-order valence-corrected chi connectivity index (χ1v) is 8.64. The van der Waals surface area contributed by atoms with Gasteiger partial charge in [0.05, 0.1) is 11.3 Å². The number of hydrogen-bond acceptors (Lipinski definition) is 4. The van der Waals surface area contributed by atoms with Gasteiger partial charge in [0.15, 0.2) is 0 Å². The van der Waals surface area contributed by atoms with Crippen LogP contribution in [0, 0.1) is 0 Å². The van der Waals surface area contributed by atoms with Crippen LogP contribution < -0.4 is 10.7 Å². The van der Waals surface area contributed by atoms with Gasteiger partial charge in [0.2, 0.25) is 0 Å². The predicted octanol–water partition coefficient (Wildman–Crippen LogP) is 3.80. The number of phenols is 1. The fraction of sp³-hybridized carbons (Fsp3) is 0.0455. The van der Waals surface area contributed by atoms with E-state index in [0.717, 1.165) is 5.56 Å². The summed E-state index contributed by atoms with van der Waals surface area (Å²) >= 11 is 0. The van der Waals surface area contributed by atoms with E-state index in [2.05, 4.69) is 15.8 Å². The molecule has 3 aromatic rings. The standard InChI is InChI=1S/C22H19N3O3/c1-15(24-25-22(28)19-12-5-6-13-20(19)26)17-10-7-11-18(14-17)23-21(27)16-8-3-2-4-9-16/h2-14,26H,1H3,(H,23,27)(H,25,28)/b24-15-. The Morgan fingerprint density at radius 2 is 1.50 bits per heavy atom. The van der Waals surface area contributed by atoms with E-state index in [9.17, 15) is 14.7 Å². The van der Waals surface area contributed by atoms with Crippen LogP contribution in [0.2, 0.25) is 0 Å². The number of anilines is 1. The first-order valence-electron chi connectivity index (χ1n) is 8.64. The van der Waals surface area contributed by atoms with Gasteiger partial charge < -0.3 is 10.4 Å². The lowest BCUT2D eigenvalue weighted by atomic mass is 10.1. The number of hydrazone groups is 1. The molecule has 3 N–H and O–H groups in total. The number of benzene rings is 3. The maximum absolute atomic E-state index is 12.3. The minimum Gasteiger partial charge on any atom is -0.507 e. The average molecular weight is 373 g/mol. The van der Waals surface area contributed by atoms with Crippen LogP contribution in [0.4, 0.5) is 5.69 Å². The highest BCUT2D eigenvalue weighted by atomic mass is 16.3. The van der Waals surface area contributed by atoms with Crippen molar-refractivity contribution in [3.8, 4) is 5.75 Å². The molecule has 0 aliphatic carbocycles. The zero-order valence-electron chi connectivity index (χ0n) is 15.2. The number of carbonyl (C=O) groups excluding carboxylic acids is 2. The summed E-state index contributed by atoms with van der Waals surface area (Å²) in [5.41, 5.74) is 5.04. The monoisotopic (exact) mass is 373 g/mol. The van der Waals surface area contributed by atoms with Crippen LogP contribution in [0.5, 0.6) is 5.75 Å². The van der Waals surface area contributed by atoms with Crippen LogP contribution in [0.3, 0.4) is 0 Å². The lowest BCUT2D eigenvalue weighted by Crippen LogP contribution is -2.19. The maximum Gasteiger partial charge on any atom is 0.275 e. The zero-order chi connectivity index (χ0) is 19.9. The zero-order valence-corrected chi connectivity index (χ0v) is 15.2. The molecule has 0 aromatic heterocycles. The highest BCUT2D eigenvalue weighted by Gasteiger charge is 2.10. The Morgan fingerprint density at radius 1 is 0.821 bits per heavy atom. The van der Waals surface area contributed by atoms with E-state index in [1.807, 2.05) is 12.1 Å². The van der Waals surface area contributed by atoms with Crippen LogP contribution in [0.15, 0.2) is 84.0 Å². The number of amides is 2. The molecule has 0 aliphatic rings. The van der Waals surface area contributed by atoms with Gasteiger partial charge in [0.1, 0.15) is 5.75 Å².